The van der Waals surface area contributed by atoms with Crippen LogP contribution in [-0.2, 0) is 28.5 Å². The molecule has 0 bridgehead atoms. The molecule has 3 aromatic rings. The lowest BCUT2D eigenvalue weighted by molar-refractivity contribution is -0.125. The molecule has 1 aromatic carbocycles. The summed E-state index contributed by atoms with van der Waals surface area (Å²) in [5.74, 6) is 0.909. The molecule has 0 spiro atoms. The Kier molecular flexibility index (Phi) is 7.34. The molecule has 3 N–H and O–H groups in total. The van der Waals surface area contributed by atoms with E-state index in [1.54, 1.807) is 23.5 Å². The minimum atomic E-state index is -0.337. The number of rotatable bonds is 7. The second-order valence-corrected chi connectivity index (χ2v) is 10.8. The molecule has 10 nitrogen and oxygen atoms in total. The predicted octanol–water partition coefficient (Wildman–Crippen LogP) is 3.31. The van der Waals surface area contributed by atoms with Crippen molar-refractivity contribution in [2.24, 2.45) is 7.05 Å². The molecule has 37 heavy (non-hydrogen) atoms. The Balaban J connectivity index is 1.50. The minimum absolute atomic E-state index is 0.115. The van der Waals surface area contributed by atoms with Gasteiger partial charge in [0, 0.05) is 37.7 Å². The van der Waals surface area contributed by atoms with E-state index in [-0.39, 0.29) is 29.4 Å². The first kappa shape index (κ1) is 26.7. The molecule has 4 rings (SSSR count). The van der Waals surface area contributed by atoms with Gasteiger partial charge in [0.2, 0.25) is 5.91 Å². The largest absolute Gasteiger partial charge is 0.377 e. The molecule has 2 amide bonds. The number of carbonyl (C=O) groups is 2. The third kappa shape index (κ3) is 5.21. The van der Waals surface area contributed by atoms with Gasteiger partial charge in [-0.15, -0.1) is 0 Å². The number of aromatic nitrogens is 4. The molecule has 3 heterocycles. The lowest BCUT2D eigenvalue weighted by atomic mass is 9.86. The van der Waals surface area contributed by atoms with Gasteiger partial charge in [0.15, 0.2) is 5.82 Å². The van der Waals surface area contributed by atoms with Gasteiger partial charge in [-0.1, -0.05) is 39.0 Å². The summed E-state index contributed by atoms with van der Waals surface area (Å²) >= 11 is 6.50. The van der Waals surface area contributed by atoms with Crippen molar-refractivity contribution < 1.29 is 14.3 Å². The van der Waals surface area contributed by atoms with Crippen LogP contribution in [0, 0.1) is 6.92 Å². The van der Waals surface area contributed by atoms with E-state index >= 15 is 0 Å². The van der Waals surface area contributed by atoms with Crippen LogP contribution < -0.4 is 10.6 Å². The number of amides is 2. The number of halogens is 1. The molecular weight excluding hydrogens is 494 g/mol. The van der Waals surface area contributed by atoms with Crippen molar-refractivity contribution in [2.75, 3.05) is 25.5 Å². The number of methoxy groups -OCH3 is 1. The van der Waals surface area contributed by atoms with E-state index in [4.69, 9.17) is 16.3 Å². The third-order valence-electron chi connectivity index (χ3n) is 6.82. The zero-order valence-electron chi connectivity index (χ0n) is 22.1. The number of hydrogen-bond acceptors (Lipinski definition) is 6. The van der Waals surface area contributed by atoms with Crippen molar-refractivity contribution in [3.8, 4) is 0 Å². The zero-order chi connectivity index (χ0) is 27.1. The Morgan fingerprint density at radius 2 is 2.05 bits per heavy atom. The van der Waals surface area contributed by atoms with Crippen LogP contribution in [0.2, 0.25) is 5.02 Å². The molecule has 1 aliphatic heterocycles. The first-order chi connectivity index (χ1) is 17.4. The molecule has 1 aliphatic rings. The number of aryl methyl sites for hydroxylation is 1. The van der Waals surface area contributed by atoms with Crippen LogP contribution in [0.25, 0.3) is 10.9 Å². The van der Waals surface area contributed by atoms with Gasteiger partial charge in [-0.2, -0.15) is 5.10 Å². The maximum absolute atomic E-state index is 13.2. The maximum atomic E-state index is 13.2. The average Bonchev–Trinajstić information content (AvgIpc) is 3.50. The number of ether oxygens (including phenoxy) is 1. The van der Waals surface area contributed by atoms with E-state index in [2.05, 4.69) is 59.2 Å². The van der Waals surface area contributed by atoms with Crippen molar-refractivity contribution in [1.82, 2.24) is 30.0 Å². The number of benzene rings is 1. The standard InChI is InChI=1S/C26H34ClN7O3/c1-8-22(35)34-12-19(20(13-34)37-7)30-25(36)23-14(2)29-21(33(23)6)11-28-24-15-9-16(26(3,4)5)17(27)10-18(15)31-32-24/h8-10,19-20H,1,11-13H2,2-7H3,(H,30,36)(H2,28,31,32)/t19-,20-/m0/s1. The Morgan fingerprint density at radius 1 is 1.32 bits per heavy atom. The third-order valence-corrected chi connectivity index (χ3v) is 7.13. The normalized spacial score (nSPS) is 17.9. The fourth-order valence-electron chi connectivity index (χ4n) is 4.78. The van der Waals surface area contributed by atoms with E-state index < -0.39 is 0 Å². The monoisotopic (exact) mass is 527 g/mol. The van der Waals surface area contributed by atoms with E-state index in [9.17, 15) is 9.59 Å². The van der Waals surface area contributed by atoms with Crippen LogP contribution in [-0.4, -0.2) is 68.8 Å². The van der Waals surface area contributed by atoms with Crippen LogP contribution in [0.3, 0.4) is 0 Å². The first-order valence-corrected chi connectivity index (χ1v) is 12.5. The average molecular weight is 528 g/mol. The highest BCUT2D eigenvalue weighted by Crippen LogP contribution is 2.34. The summed E-state index contributed by atoms with van der Waals surface area (Å²) in [6, 6.07) is 3.61. The molecule has 0 unspecified atom stereocenters. The fourth-order valence-corrected chi connectivity index (χ4v) is 5.22. The van der Waals surface area contributed by atoms with Gasteiger partial charge in [-0.05, 0) is 36.1 Å². The quantitative estimate of drug-likeness (QED) is 0.406. The zero-order valence-corrected chi connectivity index (χ0v) is 22.9. The molecule has 11 heteroatoms. The summed E-state index contributed by atoms with van der Waals surface area (Å²) in [5.41, 5.74) is 2.82. The molecular formula is C26H34ClN7O3. The SMILES string of the molecule is C=CC(=O)N1C[C@H](NC(=O)c2c(C)nc(CNc3n[nH]c4cc(Cl)c(C(C)(C)C)cc34)n2C)[C@@H](OC)C1. The highest BCUT2D eigenvalue weighted by molar-refractivity contribution is 6.32. The highest BCUT2D eigenvalue weighted by atomic mass is 35.5. The van der Waals surface area contributed by atoms with Crippen LogP contribution in [0.4, 0.5) is 5.82 Å². The van der Waals surface area contributed by atoms with Gasteiger partial charge in [0.05, 0.1) is 29.9 Å². The summed E-state index contributed by atoms with van der Waals surface area (Å²) in [7, 11) is 3.38. The number of nitrogens with zero attached hydrogens (tertiary/aromatic N) is 4. The Morgan fingerprint density at radius 3 is 2.70 bits per heavy atom. The van der Waals surface area contributed by atoms with Gasteiger partial charge in [0.25, 0.3) is 5.91 Å². The van der Waals surface area contributed by atoms with E-state index in [0.717, 1.165) is 16.5 Å². The van der Waals surface area contributed by atoms with E-state index in [1.165, 1.54) is 6.08 Å². The Labute approximate surface area is 221 Å². The highest BCUT2D eigenvalue weighted by Gasteiger charge is 2.36. The van der Waals surface area contributed by atoms with Crippen molar-refractivity contribution in [3.63, 3.8) is 0 Å². The second kappa shape index (κ2) is 10.2. The number of anilines is 1. The summed E-state index contributed by atoms with van der Waals surface area (Å²) < 4.78 is 7.28. The maximum Gasteiger partial charge on any atom is 0.270 e. The van der Waals surface area contributed by atoms with Gasteiger partial charge in [-0.3, -0.25) is 14.7 Å². The molecule has 198 valence electrons. The van der Waals surface area contributed by atoms with Gasteiger partial charge in [0.1, 0.15) is 11.5 Å². The number of H-pyrrole nitrogens is 1. The topological polar surface area (TPSA) is 117 Å². The number of likely N-dealkylation sites (tertiary alicyclic amines) is 1. The Hall–Kier alpha value is -3.37. The molecule has 2 atom stereocenters. The second-order valence-electron chi connectivity index (χ2n) is 10.4. The number of nitrogens with one attached hydrogen (secondary N) is 3. The molecule has 0 saturated carbocycles. The Bertz CT molecular complexity index is 1350. The number of carbonyl (C=O) groups excluding carboxylic acids is 2. The van der Waals surface area contributed by atoms with Crippen molar-refractivity contribution in [1.29, 1.82) is 0 Å². The van der Waals surface area contributed by atoms with Crippen LogP contribution in [0.5, 0.6) is 0 Å². The summed E-state index contributed by atoms with van der Waals surface area (Å²) in [6.45, 7) is 12.8. The number of aromatic amines is 1. The summed E-state index contributed by atoms with van der Waals surface area (Å²) in [6.07, 6.45) is 0.963. The lowest BCUT2D eigenvalue weighted by Gasteiger charge is -2.20. The molecule has 1 saturated heterocycles. The van der Waals surface area contributed by atoms with Crippen molar-refractivity contribution in [3.05, 3.63) is 52.6 Å². The van der Waals surface area contributed by atoms with Crippen molar-refractivity contribution >= 4 is 40.1 Å². The smallest absolute Gasteiger partial charge is 0.270 e. The molecule has 0 radical (unpaired) electrons. The minimum Gasteiger partial charge on any atom is -0.377 e. The summed E-state index contributed by atoms with van der Waals surface area (Å²) in [4.78, 5) is 31.5. The molecule has 2 aromatic heterocycles. The number of fused-ring (bicyclic) bond motifs is 1. The van der Waals surface area contributed by atoms with Crippen LogP contribution in [0.1, 0.15) is 48.3 Å². The van der Waals surface area contributed by atoms with Gasteiger partial charge >= 0.3 is 0 Å². The predicted molar refractivity (Wildman–Crippen MR) is 144 cm³/mol. The number of hydrogen-bond donors (Lipinski definition) is 3. The molecule has 0 aliphatic carbocycles. The summed E-state index contributed by atoms with van der Waals surface area (Å²) in [5, 5.41) is 15.4. The van der Waals surface area contributed by atoms with E-state index in [0.29, 0.717) is 47.7 Å². The van der Waals surface area contributed by atoms with Gasteiger partial charge < -0.3 is 24.8 Å². The van der Waals surface area contributed by atoms with Crippen LogP contribution >= 0.6 is 11.6 Å². The fraction of sp³-hybridized carbons (Fsp3) is 0.462. The lowest BCUT2D eigenvalue weighted by Crippen LogP contribution is -2.44. The first-order valence-electron chi connectivity index (χ1n) is 12.1. The van der Waals surface area contributed by atoms with Gasteiger partial charge in [-0.25, -0.2) is 4.98 Å². The number of imidazole rings is 1. The van der Waals surface area contributed by atoms with Crippen molar-refractivity contribution in [2.45, 2.75) is 51.8 Å². The van der Waals surface area contributed by atoms with Crippen LogP contribution in [0.15, 0.2) is 24.8 Å². The van der Waals surface area contributed by atoms with E-state index in [1.807, 2.05) is 13.1 Å². The molecule has 1 fully saturated rings.